The maximum atomic E-state index is 13.4. The standard InChI is InChI=1S/C14H12FN3O4/c1-21-11-3-8(15)10(19)4-9(11)18-6-7(5-16)12(17)13(18)14(20)22-2/h3-4,6,19H,17H2,1-2H3. The van der Waals surface area contributed by atoms with Crippen molar-refractivity contribution in [3.05, 3.63) is 35.4 Å². The monoisotopic (exact) mass is 305 g/mol. The Hall–Kier alpha value is -3.21. The van der Waals surface area contributed by atoms with Crippen LogP contribution in [0.5, 0.6) is 11.5 Å². The van der Waals surface area contributed by atoms with E-state index < -0.39 is 17.5 Å². The zero-order valence-corrected chi connectivity index (χ0v) is 11.8. The van der Waals surface area contributed by atoms with Gasteiger partial charge >= 0.3 is 5.97 Å². The molecule has 2 rings (SSSR count). The average Bonchev–Trinajstić information content (AvgIpc) is 2.85. The number of aromatic nitrogens is 1. The highest BCUT2D eigenvalue weighted by Crippen LogP contribution is 2.33. The van der Waals surface area contributed by atoms with Crippen molar-refractivity contribution in [2.45, 2.75) is 0 Å². The number of nitrogen functional groups attached to an aromatic ring is 1. The van der Waals surface area contributed by atoms with Crippen molar-refractivity contribution in [2.75, 3.05) is 20.0 Å². The van der Waals surface area contributed by atoms with E-state index in [9.17, 15) is 14.3 Å². The van der Waals surface area contributed by atoms with Crippen LogP contribution in [0.4, 0.5) is 10.1 Å². The molecule has 7 nitrogen and oxygen atoms in total. The number of carbonyl (C=O) groups excluding carboxylic acids is 1. The first-order valence-electron chi connectivity index (χ1n) is 6.00. The van der Waals surface area contributed by atoms with Crippen LogP contribution in [0.2, 0.25) is 0 Å². The molecule has 0 aliphatic rings. The van der Waals surface area contributed by atoms with E-state index in [1.54, 1.807) is 0 Å². The summed E-state index contributed by atoms with van der Waals surface area (Å²) in [6.45, 7) is 0. The molecule has 0 radical (unpaired) electrons. The molecule has 0 spiro atoms. The first-order chi connectivity index (χ1) is 10.4. The molecule has 22 heavy (non-hydrogen) atoms. The number of esters is 1. The molecule has 2 aromatic rings. The van der Waals surface area contributed by atoms with E-state index >= 15 is 0 Å². The Morgan fingerprint density at radius 1 is 1.45 bits per heavy atom. The van der Waals surface area contributed by atoms with Gasteiger partial charge in [0.05, 0.1) is 31.2 Å². The minimum Gasteiger partial charge on any atom is -0.505 e. The molecule has 0 aliphatic heterocycles. The van der Waals surface area contributed by atoms with Gasteiger partial charge in [0.1, 0.15) is 11.8 Å². The molecule has 114 valence electrons. The lowest BCUT2D eigenvalue weighted by Crippen LogP contribution is -2.11. The van der Waals surface area contributed by atoms with Crippen LogP contribution in [-0.2, 0) is 4.74 Å². The third-order valence-electron chi connectivity index (χ3n) is 3.05. The summed E-state index contributed by atoms with van der Waals surface area (Å²) >= 11 is 0. The lowest BCUT2D eigenvalue weighted by molar-refractivity contribution is 0.0593. The number of rotatable bonds is 3. The van der Waals surface area contributed by atoms with Gasteiger partial charge in [0.25, 0.3) is 0 Å². The third kappa shape index (κ3) is 2.29. The molecule has 0 amide bonds. The van der Waals surface area contributed by atoms with Gasteiger partial charge in [-0.05, 0) is 0 Å². The molecular weight excluding hydrogens is 293 g/mol. The number of hydrogen-bond acceptors (Lipinski definition) is 6. The minimum atomic E-state index is -0.888. The zero-order chi connectivity index (χ0) is 16.4. The summed E-state index contributed by atoms with van der Waals surface area (Å²) in [5.74, 6) is -2.27. The van der Waals surface area contributed by atoms with Gasteiger partial charge in [-0.15, -0.1) is 0 Å². The van der Waals surface area contributed by atoms with Crippen molar-refractivity contribution in [1.29, 1.82) is 5.26 Å². The van der Waals surface area contributed by atoms with Crippen LogP contribution in [-0.4, -0.2) is 29.9 Å². The lowest BCUT2D eigenvalue weighted by atomic mass is 10.2. The largest absolute Gasteiger partial charge is 0.505 e. The lowest BCUT2D eigenvalue weighted by Gasteiger charge is -2.13. The van der Waals surface area contributed by atoms with Gasteiger partial charge in [0.2, 0.25) is 0 Å². The van der Waals surface area contributed by atoms with E-state index in [1.807, 2.05) is 6.07 Å². The van der Waals surface area contributed by atoms with Gasteiger partial charge in [-0.3, -0.25) is 0 Å². The summed E-state index contributed by atoms with van der Waals surface area (Å²) in [4.78, 5) is 11.9. The Bertz CT molecular complexity index is 792. The second-order valence-corrected chi connectivity index (χ2v) is 4.25. The number of nitriles is 1. The first-order valence-corrected chi connectivity index (χ1v) is 6.00. The fourth-order valence-electron chi connectivity index (χ4n) is 1.99. The molecule has 3 N–H and O–H groups in total. The van der Waals surface area contributed by atoms with E-state index in [0.717, 1.165) is 19.2 Å². The molecule has 0 bridgehead atoms. The molecule has 0 saturated carbocycles. The summed E-state index contributed by atoms with van der Waals surface area (Å²) in [5.41, 5.74) is 5.73. The van der Waals surface area contributed by atoms with Crippen LogP contribution in [0.25, 0.3) is 5.69 Å². The van der Waals surface area contributed by atoms with Crippen LogP contribution in [0, 0.1) is 17.1 Å². The van der Waals surface area contributed by atoms with E-state index in [2.05, 4.69) is 4.74 Å². The summed E-state index contributed by atoms with van der Waals surface area (Å²) in [7, 11) is 2.45. The van der Waals surface area contributed by atoms with Crippen molar-refractivity contribution < 1.29 is 23.8 Å². The second-order valence-electron chi connectivity index (χ2n) is 4.25. The fourth-order valence-corrected chi connectivity index (χ4v) is 1.99. The average molecular weight is 305 g/mol. The number of phenols is 1. The predicted octanol–water partition coefficient (Wildman–Crippen LogP) is 1.57. The maximum Gasteiger partial charge on any atom is 0.357 e. The molecule has 0 aliphatic carbocycles. The number of carbonyl (C=O) groups is 1. The number of nitrogens with zero attached hydrogens (tertiary/aromatic N) is 2. The Labute approximate surface area is 124 Å². The van der Waals surface area contributed by atoms with Gasteiger partial charge in [-0.2, -0.15) is 5.26 Å². The minimum absolute atomic E-state index is 0.0336. The van der Waals surface area contributed by atoms with Gasteiger partial charge in [0.15, 0.2) is 17.3 Å². The molecule has 0 fully saturated rings. The van der Waals surface area contributed by atoms with Gasteiger partial charge in [-0.25, -0.2) is 9.18 Å². The number of anilines is 1. The van der Waals surface area contributed by atoms with Crippen molar-refractivity contribution in [3.8, 4) is 23.3 Å². The highest BCUT2D eigenvalue weighted by Gasteiger charge is 2.24. The van der Waals surface area contributed by atoms with E-state index in [-0.39, 0.29) is 28.4 Å². The Balaban J connectivity index is 2.81. The smallest absolute Gasteiger partial charge is 0.357 e. The van der Waals surface area contributed by atoms with Crippen molar-refractivity contribution in [1.82, 2.24) is 4.57 Å². The summed E-state index contributed by atoms with van der Waals surface area (Å²) in [6, 6.07) is 3.85. The fraction of sp³-hybridized carbons (Fsp3) is 0.143. The Kier molecular flexibility index (Phi) is 3.90. The normalized spacial score (nSPS) is 10.1. The van der Waals surface area contributed by atoms with Crippen molar-refractivity contribution in [2.24, 2.45) is 0 Å². The van der Waals surface area contributed by atoms with E-state index in [0.29, 0.717) is 0 Å². The first kappa shape index (κ1) is 15.2. The molecule has 0 atom stereocenters. The summed E-state index contributed by atoms with van der Waals surface area (Å²) in [5, 5.41) is 18.6. The van der Waals surface area contributed by atoms with Crippen molar-refractivity contribution in [3.63, 3.8) is 0 Å². The molecule has 0 saturated heterocycles. The quantitative estimate of drug-likeness (QED) is 0.833. The summed E-state index contributed by atoms with van der Waals surface area (Å²) < 4.78 is 24.3. The number of halogens is 1. The number of methoxy groups -OCH3 is 2. The number of phenolic OH excluding ortho intramolecular Hbond substituents is 1. The highest BCUT2D eigenvalue weighted by molar-refractivity contribution is 5.96. The molecule has 0 unspecified atom stereocenters. The molecule has 1 heterocycles. The second kappa shape index (κ2) is 5.65. The van der Waals surface area contributed by atoms with Crippen LogP contribution < -0.4 is 10.5 Å². The molecular formula is C14H12FN3O4. The number of nitrogens with two attached hydrogens (primary N) is 1. The predicted molar refractivity (Wildman–Crippen MR) is 74.4 cm³/mol. The highest BCUT2D eigenvalue weighted by atomic mass is 19.1. The topological polar surface area (TPSA) is 110 Å². The Morgan fingerprint density at radius 3 is 2.68 bits per heavy atom. The van der Waals surface area contributed by atoms with Crippen LogP contribution in [0.15, 0.2) is 18.3 Å². The van der Waals surface area contributed by atoms with E-state index in [1.165, 1.54) is 17.9 Å². The van der Waals surface area contributed by atoms with Gasteiger partial charge < -0.3 is 24.9 Å². The zero-order valence-electron chi connectivity index (χ0n) is 11.8. The molecule has 1 aromatic heterocycles. The maximum absolute atomic E-state index is 13.4. The number of benzene rings is 1. The van der Waals surface area contributed by atoms with Crippen molar-refractivity contribution >= 4 is 11.7 Å². The number of ether oxygens (including phenoxy) is 2. The number of aromatic hydroxyl groups is 1. The van der Waals surface area contributed by atoms with Gasteiger partial charge in [0, 0.05) is 18.3 Å². The van der Waals surface area contributed by atoms with Crippen LogP contribution in [0.1, 0.15) is 16.1 Å². The van der Waals surface area contributed by atoms with Crippen LogP contribution in [0.3, 0.4) is 0 Å². The SMILES string of the molecule is COC(=O)c1c(N)c(C#N)cn1-c1cc(O)c(F)cc1OC. The molecule has 8 heteroatoms. The third-order valence-corrected chi connectivity index (χ3v) is 3.05. The number of hydrogen-bond donors (Lipinski definition) is 2. The summed E-state index contributed by atoms with van der Waals surface area (Å²) in [6.07, 6.45) is 1.27. The van der Waals surface area contributed by atoms with Crippen LogP contribution >= 0.6 is 0 Å². The molecule has 1 aromatic carbocycles. The van der Waals surface area contributed by atoms with Gasteiger partial charge in [-0.1, -0.05) is 0 Å². The van der Waals surface area contributed by atoms with E-state index in [4.69, 9.17) is 15.7 Å². The Morgan fingerprint density at radius 2 is 2.14 bits per heavy atom.